The van der Waals surface area contributed by atoms with E-state index in [4.69, 9.17) is 9.47 Å². The van der Waals surface area contributed by atoms with Crippen LogP contribution in [0.2, 0.25) is 0 Å². The van der Waals surface area contributed by atoms with Crippen molar-refractivity contribution in [2.75, 3.05) is 19.5 Å². The van der Waals surface area contributed by atoms with Gasteiger partial charge in [-0.1, -0.05) is 53.0 Å². The Morgan fingerprint density at radius 3 is 2.06 bits per heavy atom. The number of Topliss-reactive ketones (excluding diaryl/α,β-unsaturated/α-hetero) is 1. The molecular weight excluding hydrogens is 448 g/mol. The average Bonchev–Trinajstić information content (AvgIpc) is 2.72. The largest absolute Gasteiger partial charge is 0.444 e. The van der Waals surface area contributed by atoms with E-state index >= 15 is 0 Å². The smallest absolute Gasteiger partial charge is 0.435 e. The fraction of sp³-hybridized carbons (Fsp3) is 0.522. The normalized spacial score (nSPS) is 18.0. The van der Waals surface area contributed by atoms with E-state index < -0.39 is 34.2 Å². The molecule has 0 N–H and O–H groups in total. The summed E-state index contributed by atoms with van der Waals surface area (Å²) in [5, 5.41) is 0.290. The molecule has 0 spiro atoms. The minimum Gasteiger partial charge on any atom is -0.444 e. The molecule has 1 aliphatic carbocycles. The van der Waals surface area contributed by atoms with Crippen molar-refractivity contribution in [3.05, 3.63) is 48.6 Å². The summed E-state index contributed by atoms with van der Waals surface area (Å²) in [4.78, 5) is 37.9. The molecule has 0 bridgehead atoms. The van der Waals surface area contributed by atoms with Crippen LogP contribution in [0.1, 0.15) is 46.5 Å². The molecule has 0 aromatic rings. The zero-order valence-corrected chi connectivity index (χ0v) is 20.6. The molecule has 9 nitrogen and oxygen atoms in total. The average molecular weight is 483 g/mol. The Bertz CT molecular complexity index is 893. The highest BCUT2D eigenvalue weighted by molar-refractivity contribution is 7.88. The summed E-state index contributed by atoms with van der Waals surface area (Å²) in [7, 11) is -4.23. The SMILES string of the molecule is C=CCOC(=O)N(C(=O)OCC=C)N([C@@H]1C=C(CCC=C(C)C)CC[C@H]1C(C)=O)S(C)(=O)=O. The van der Waals surface area contributed by atoms with Crippen LogP contribution in [0.3, 0.4) is 0 Å². The standard InChI is InChI=1S/C23H34N2O7S/c1-7-14-31-22(27)24(23(28)32-15-8-2)25(33(6,29)30)21-16-19(11-9-10-17(3)4)12-13-20(21)18(5)26/h7-8,10,16,20-21H,1-2,9,11-15H2,3-6H3/t20-,21+/m0/s1. The van der Waals surface area contributed by atoms with E-state index in [1.54, 1.807) is 6.08 Å². The zero-order chi connectivity index (χ0) is 25.2. The maximum absolute atomic E-state index is 12.9. The number of rotatable bonds is 11. The van der Waals surface area contributed by atoms with Gasteiger partial charge in [-0.3, -0.25) is 4.79 Å². The van der Waals surface area contributed by atoms with Gasteiger partial charge in [-0.15, -0.1) is 5.01 Å². The summed E-state index contributed by atoms with van der Waals surface area (Å²) >= 11 is 0. The Labute approximate surface area is 196 Å². The monoisotopic (exact) mass is 482 g/mol. The fourth-order valence-corrected chi connectivity index (χ4v) is 4.57. The molecule has 0 heterocycles. The van der Waals surface area contributed by atoms with Gasteiger partial charge in [0.25, 0.3) is 0 Å². The van der Waals surface area contributed by atoms with Gasteiger partial charge in [0.2, 0.25) is 10.0 Å². The minimum atomic E-state index is -4.23. The maximum Gasteiger partial charge on any atom is 0.435 e. The van der Waals surface area contributed by atoms with Gasteiger partial charge in [0, 0.05) is 5.92 Å². The molecule has 0 saturated carbocycles. The van der Waals surface area contributed by atoms with E-state index in [9.17, 15) is 22.8 Å². The predicted octanol–water partition coefficient (Wildman–Crippen LogP) is 4.15. The van der Waals surface area contributed by atoms with Crippen LogP contribution in [0.4, 0.5) is 9.59 Å². The van der Waals surface area contributed by atoms with Crippen LogP contribution >= 0.6 is 0 Å². The Balaban J connectivity index is 3.55. The van der Waals surface area contributed by atoms with E-state index in [1.807, 2.05) is 13.8 Å². The molecule has 0 saturated heterocycles. The van der Waals surface area contributed by atoms with Gasteiger partial charge in [0.15, 0.2) is 0 Å². The van der Waals surface area contributed by atoms with Gasteiger partial charge in [-0.25, -0.2) is 18.0 Å². The highest BCUT2D eigenvalue weighted by Crippen LogP contribution is 2.33. The molecule has 2 amide bonds. The minimum absolute atomic E-state index is 0.257. The summed E-state index contributed by atoms with van der Waals surface area (Å²) in [5.74, 6) is -1.01. The number of ketones is 1. The van der Waals surface area contributed by atoms with Crippen molar-refractivity contribution in [1.29, 1.82) is 0 Å². The molecule has 0 radical (unpaired) electrons. The van der Waals surface area contributed by atoms with Crippen molar-refractivity contribution in [1.82, 2.24) is 9.42 Å². The number of amides is 2. The molecule has 1 rings (SSSR count). The summed E-state index contributed by atoms with van der Waals surface area (Å²) in [5.41, 5.74) is 2.09. The second-order valence-corrected chi connectivity index (χ2v) is 9.81. The van der Waals surface area contributed by atoms with Crippen LogP contribution < -0.4 is 0 Å². The lowest BCUT2D eigenvalue weighted by molar-refractivity contribution is -0.123. The van der Waals surface area contributed by atoms with Gasteiger partial charge in [0.05, 0.1) is 12.3 Å². The molecule has 0 aliphatic heterocycles. The molecule has 0 aromatic heterocycles. The first-order valence-electron chi connectivity index (χ1n) is 10.6. The van der Waals surface area contributed by atoms with Crippen molar-refractivity contribution in [3.63, 3.8) is 0 Å². The van der Waals surface area contributed by atoms with Crippen molar-refractivity contribution >= 4 is 28.0 Å². The number of hydrazine groups is 1. The molecule has 0 fully saturated rings. The molecule has 0 unspecified atom stereocenters. The second kappa shape index (κ2) is 13.1. The summed E-state index contributed by atoms with van der Waals surface area (Å²) in [6, 6.07) is -1.10. The van der Waals surface area contributed by atoms with Crippen LogP contribution in [0.25, 0.3) is 0 Å². The zero-order valence-electron chi connectivity index (χ0n) is 19.8. The van der Waals surface area contributed by atoms with Crippen molar-refractivity contribution in [3.8, 4) is 0 Å². The lowest BCUT2D eigenvalue weighted by atomic mass is 9.82. The highest BCUT2D eigenvalue weighted by atomic mass is 32.2. The van der Waals surface area contributed by atoms with Crippen LogP contribution in [-0.2, 0) is 24.3 Å². The van der Waals surface area contributed by atoms with E-state index in [2.05, 4.69) is 19.2 Å². The summed E-state index contributed by atoms with van der Waals surface area (Å²) < 4.78 is 36.3. The number of carbonyl (C=O) groups is 3. The van der Waals surface area contributed by atoms with E-state index in [0.717, 1.165) is 23.8 Å². The molecule has 1 aliphatic rings. The summed E-state index contributed by atoms with van der Waals surface area (Å²) in [6.45, 7) is 11.7. The Hall–Kier alpha value is -2.72. The number of sulfonamides is 1. The van der Waals surface area contributed by atoms with E-state index in [0.29, 0.717) is 28.7 Å². The van der Waals surface area contributed by atoms with Gasteiger partial charge < -0.3 is 9.47 Å². The van der Waals surface area contributed by atoms with Crippen LogP contribution in [0, 0.1) is 5.92 Å². The second-order valence-electron chi connectivity index (χ2n) is 7.97. The number of nitrogens with zero attached hydrogens (tertiary/aromatic N) is 2. The Kier molecular flexibility index (Phi) is 11.2. The highest BCUT2D eigenvalue weighted by Gasteiger charge is 2.45. The van der Waals surface area contributed by atoms with Crippen molar-refractivity contribution < 1.29 is 32.3 Å². The summed E-state index contributed by atoms with van der Waals surface area (Å²) in [6.07, 6.45) is 6.99. The lowest BCUT2D eigenvalue weighted by Gasteiger charge is -2.39. The third-order valence-electron chi connectivity index (χ3n) is 4.92. The Morgan fingerprint density at radius 2 is 1.64 bits per heavy atom. The van der Waals surface area contributed by atoms with Crippen molar-refractivity contribution in [2.24, 2.45) is 5.92 Å². The number of allylic oxidation sites excluding steroid dienone is 3. The first kappa shape index (κ1) is 28.3. The van der Waals surface area contributed by atoms with E-state index in [-0.39, 0.29) is 19.0 Å². The number of hydrogen-bond acceptors (Lipinski definition) is 7. The predicted molar refractivity (Wildman–Crippen MR) is 126 cm³/mol. The Morgan fingerprint density at radius 1 is 1.09 bits per heavy atom. The number of imide groups is 1. The molecule has 33 heavy (non-hydrogen) atoms. The molecule has 184 valence electrons. The molecular formula is C23H34N2O7S. The van der Waals surface area contributed by atoms with Crippen LogP contribution in [0.15, 0.2) is 48.6 Å². The van der Waals surface area contributed by atoms with Gasteiger partial charge in [0.1, 0.15) is 19.0 Å². The number of carbonyl (C=O) groups excluding carboxylic acids is 3. The molecule has 0 aromatic carbocycles. The third-order valence-corrected chi connectivity index (χ3v) is 6.01. The molecule has 2 atom stereocenters. The lowest BCUT2D eigenvalue weighted by Crippen LogP contribution is -2.59. The van der Waals surface area contributed by atoms with Gasteiger partial charge in [-0.05, 0) is 46.5 Å². The third kappa shape index (κ3) is 8.62. The van der Waals surface area contributed by atoms with Gasteiger partial charge in [-0.2, -0.15) is 0 Å². The van der Waals surface area contributed by atoms with Crippen LogP contribution in [-0.4, -0.2) is 61.3 Å². The molecule has 10 heteroatoms. The van der Waals surface area contributed by atoms with Crippen molar-refractivity contribution in [2.45, 2.75) is 52.5 Å². The van der Waals surface area contributed by atoms with E-state index in [1.165, 1.54) is 19.1 Å². The first-order chi connectivity index (χ1) is 15.4. The van der Waals surface area contributed by atoms with Gasteiger partial charge >= 0.3 is 12.2 Å². The number of hydrogen-bond donors (Lipinski definition) is 0. The topological polar surface area (TPSA) is 110 Å². The maximum atomic E-state index is 12.9. The first-order valence-corrected chi connectivity index (χ1v) is 12.5. The van der Waals surface area contributed by atoms with Crippen LogP contribution in [0.5, 0.6) is 0 Å². The fourth-order valence-electron chi connectivity index (χ4n) is 3.49. The number of ether oxygens (including phenoxy) is 2. The quantitative estimate of drug-likeness (QED) is 0.321.